The molecule has 2 aliphatic rings. The van der Waals surface area contributed by atoms with Gasteiger partial charge in [-0.05, 0) is 23.1 Å². The molecule has 4 N–H and O–H groups in total. The van der Waals surface area contributed by atoms with Crippen LogP contribution in [0.3, 0.4) is 0 Å². The second kappa shape index (κ2) is 11.2. The summed E-state index contributed by atoms with van der Waals surface area (Å²) in [5.41, 5.74) is 5.91. The van der Waals surface area contributed by atoms with Crippen molar-refractivity contribution in [1.82, 2.24) is 20.4 Å². The number of carbonyl (C=O) groups excluding carboxylic acids is 3. The number of carboxylic acids is 1. The average molecular weight is 567 g/mol. The van der Waals surface area contributed by atoms with Gasteiger partial charge in [-0.1, -0.05) is 22.5 Å². The molecule has 0 saturated carbocycles. The van der Waals surface area contributed by atoms with Crippen molar-refractivity contribution in [3.63, 3.8) is 0 Å². The molecule has 3 aromatic heterocycles. The molecule has 1 fully saturated rings. The largest absolute Gasteiger partial charge is 1.00 e. The Morgan fingerprint density at radius 2 is 2.16 bits per heavy atom. The number of hydrogen-bond acceptors (Lipinski definition) is 13. The van der Waals surface area contributed by atoms with E-state index in [1.807, 2.05) is 17.5 Å². The molecule has 16 heteroatoms. The van der Waals surface area contributed by atoms with Crippen LogP contribution in [0, 0.1) is 0 Å². The van der Waals surface area contributed by atoms with E-state index in [1.54, 1.807) is 12.1 Å². The van der Waals surface area contributed by atoms with Crippen molar-refractivity contribution in [3.8, 4) is 10.6 Å². The van der Waals surface area contributed by atoms with Gasteiger partial charge in [0.2, 0.25) is 0 Å². The predicted octanol–water partition coefficient (Wildman–Crippen LogP) is -2.26. The van der Waals surface area contributed by atoms with E-state index < -0.39 is 34.9 Å². The molecule has 0 aromatic carbocycles. The summed E-state index contributed by atoms with van der Waals surface area (Å²) in [6, 6.07) is 4.48. The molecule has 2 atom stereocenters. The number of nitrogen functional groups attached to an aromatic ring is 1. The minimum absolute atomic E-state index is 0. The van der Waals surface area contributed by atoms with Gasteiger partial charge in [-0.2, -0.15) is 0 Å². The van der Waals surface area contributed by atoms with E-state index in [-0.39, 0.29) is 51.8 Å². The summed E-state index contributed by atoms with van der Waals surface area (Å²) in [6.07, 6.45) is 3.10. The van der Waals surface area contributed by atoms with Gasteiger partial charge in [0.25, 0.3) is 11.8 Å². The van der Waals surface area contributed by atoms with Crippen LogP contribution in [0.1, 0.15) is 11.5 Å². The summed E-state index contributed by atoms with van der Waals surface area (Å²) in [7, 11) is 0. The molecule has 0 unspecified atom stereocenters. The zero-order valence-electron chi connectivity index (χ0n) is 19.0. The maximum Gasteiger partial charge on any atom is 1.00 e. The first-order valence-corrected chi connectivity index (χ1v) is 13.0. The van der Waals surface area contributed by atoms with Crippen molar-refractivity contribution in [3.05, 3.63) is 57.8 Å². The molecular formula is C21H15N6NaO6S3. The van der Waals surface area contributed by atoms with Crippen LogP contribution in [-0.4, -0.2) is 60.9 Å². The molecule has 12 nitrogen and oxygen atoms in total. The molecule has 5 heterocycles. The number of carbonyl (C=O) groups is 3. The van der Waals surface area contributed by atoms with E-state index in [1.165, 1.54) is 34.6 Å². The van der Waals surface area contributed by atoms with E-state index >= 15 is 0 Å². The Balaban J connectivity index is 0.00000320. The van der Waals surface area contributed by atoms with Gasteiger partial charge in [0, 0.05) is 17.2 Å². The van der Waals surface area contributed by atoms with Gasteiger partial charge >= 0.3 is 29.6 Å². The van der Waals surface area contributed by atoms with E-state index in [9.17, 15) is 24.7 Å². The summed E-state index contributed by atoms with van der Waals surface area (Å²) in [5.74, 6) is -2.37. The number of amides is 2. The topological polar surface area (TPSA) is 187 Å². The Morgan fingerprint density at radius 3 is 2.81 bits per heavy atom. The number of β-lactam (4-membered cyclic amide) rings is 1. The molecule has 5 rings (SSSR count). The van der Waals surface area contributed by atoms with Crippen molar-refractivity contribution in [1.29, 1.82) is 0 Å². The molecule has 37 heavy (non-hydrogen) atoms. The minimum Gasteiger partial charge on any atom is -0.543 e. The van der Waals surface area contributed by atoms with Gasteiger partial charge in [-0.25, -0.2) is 4.98 Å². The van der Waals surface area contributed by atoms with Gasteiger partial charge in [-0.3, -0.25) is 14.5 Å². The summed E-state index contributed by atoms with van der Waals surface area (Å²) in [5, 5.41) is 33.5. The van der Waals surface area contributed by atoms with Crippen LogP contribution in [-0.2, 0) is 14.4 Å². The van der Waals surface area contributed by atoms with Crippen LogP contribution in [0.15, 0.2) is 56.0 Å². The number of aromatic nitrogens is 2. The number of nitrogens with zero attached hydrogens (tertiary/aromatic N) is 4. The van der Waals surface area contributed by atoms with Crippen LogP contribution in [0.25, 0.3) is 16.6 Å². The van der Waals surface area contributed by atoms with Gasteiger partial charge in [0.05, 0.1) is 16.5 Å². The first-order chi connectivity index (χ1) is 17.4. The maximum atomic E-state index is 12.8. The Labute approximate surface area is 243 Å². The maximum absolute atomic E-state index is 12.8. The number of nitrogens with one attached hydrogen (secondary N) is 1. The van der Waals surface area contributed by atoms with Crippen LogP contribution < -0.4 is 45.7 Å². The summed E-state index contributed by atoms with van der Waals surface area (Å²) in [6.45, 7) is 0. The normalized spacial score (nSPS) is 19.4. The number of thiophene rings is 1. The number of thioether (sulfide) groups is 1. The van der Waals surface area contributed by atoms with Gasteiger partial charge in [0.15, 0.2) is 16.6 Å². The third-order valence-corrected chi connectivity index (χ3v) is 8.18. The molecule has 2 amide bonds. The number of thiazole rings is 1. The van der Waals surface area contributed by atoms with E-state index in [0.29, 0.717) is 17.0 Å². The van der Waals surface area contributed by atoms with Crippen LogP contribution in [0.5, 0.6) is 0 Å². The fraction of sp³-hybridized carbons (Fsp3) is 0.143. The summed E-state index contributed by atoms with van der Waals surface area (Å²) < 4.78 is 5.30. The third-order valence-electron chi connectivity index (χ3n) is 5.31. The summed E-state index contributed by atoms with van der Waals surface area (Å²) in [4.78, 5) is 43.3. The summed E-state index contributed by atoms with van der Waals surface area (Å²) >= 11 is 3.82. The standard InChI is InChI=1S/C21H16N6O6S3.Na/c22-21-23-12(8-36-21)14(25-32)17(28)24-15-18(29)27-16(20(30)31)9(7-35-19(15)27)3-4-10-6-11(26-33-10)13-2-1-5-34-13;/h1-6,8,15,19,32H,7H2,(H2,22,23)(H,24,28)(H,30,31);/q;+1/p-1/b4-3-,25-14-;/t15-,19-;/m1./s1. The number of fused-ring (bicyclic) bond motifs is 1. The smallest absolute Gasteiger partial charge is 0.543 e. The first-order valence-electron chi connectivity index (χ1n) is 10.2. The van der Waals surface area contributed by atoms with Crippen molar-refractivity contribution in [2.24, 2.45) is 5.16 Å². The molecule has 0 spiro atoms. The van der Waals surface area contributed by atoms with Crippen molar-refractivity contribution >= 4 is 69.1 Å². The van der Waals surface area contributed by atoms with Crippen LogP contribution in [0.4, 0.5) is 5.13 Å². The zero-order valence-corrected chi connectivity index (χ0v) is 23.4. The van der Waals surface area contributed by atoms with Gasteiger partial charge in [-0.15, -0.1) is 34.4 Å². The number of rotatable bonds is 7. The Hall–Kier alpha value is -2.95. The number of nitrogens with two attached hydrogens (primary N) is 1. The Bertz CT molecular complexity index is 1450. The van der Waals surface area contributed by atoms with Gasteiger partial charge < -0.3 is 30.7 Å². The van der Waals surface area contributed by atoms with E-state index in [4.69, 9.17) is 10.3 Å². The van der Waals surface area contributed by atoms with Gasteiger partial charge in [0.1, 0.15) is 22.8 Å². The van der Waals surface area contributed by atoms with Crippen molar-refractivity contribution in [2.75, 3.05) is 11.5 Å². The second-order valence-corrected chi connectivity index (χ2v) is 10.4. The number of allylic oxidation sites excluding steroid dienone is 1. The van der Waals surface area contributed by atoms with Crippen molar-refractivity contribution in [2.45, 2.75) is 11.4 Å². The zero-order chi connectivity index (χ0) is 25.4. The molecule has 0 bridgehead atoms. The molecule has 2 aliphatic heterocycles. The molecule has 3 aromatic rings. The monoisotopic (exact) mass is 566 g/mol. The first kappa shape index (κ1) is 27.1. The fourth-order valence-electron chi connectivity index (χ4n) is 3.67. The SMILES string of the molecule is Nc1nc(/C(=N/O)C(=O)N[C@@H]2C(=O)N3C(C(=O)[O-])=C(/C=C\c4cc(-c5cccs5)no4)CS[C@H]23)cs1.[Na+]. The quantitative estimate of drug-likeness (QED) is 0.0926. The van der Waals surface area contributed by atoms with Crippen LogP contribution in [0.2, 0.25) is 0 Å². The number of aliphatic carboxylic acids is 1. The molecule has 0 radical (unpaired) electrons. The minimum atomic E-state index is -1.52. The fourth-order valence-corrected chi connectivity index (χ4v) is 6.21. The average Bonchev–Trinajstić information content (AvgIpc) is 3.63. The molecular weight excluding hydrogens is 551 g/mol. The van der Waals surface area contributed by atoms with E-state index in [2.05, 4.69) is 20.6 Å². The van der Waals surface area contributed by atoms with E-state index in [0.717, 1.165) is 21.1 Å². The number of hydrogen-bond donors (Lipinski definition) is 3. The Kier molecular flexibility index (Phi) is 8.20. The molecule has 1 saturated heterocycles. The molecule has 0 aliphatic carbocycles. The number of carboxylic acid groups (broad SMARTS) is 1. The predicted molar refractivity (Wildman–Crippen MR) is 131 cm³/mol. The third kappa shape index (κ3) is 5.23. The number of oxime groups is 1. The number of anilines is 1. The molecule has 184 valence electrons. The Morgan fingerprint density at radius 1 is 1.35 bits per heavy atom. The van der Waals surface area contributed by atoms with Crippen LogP contribution >= 0.6 is 34.4 Å². The second-order valence-electron chi connectivity index (χ2n) is 7.47. The van der Waals surface area contributed by atoms with Crippen molar-refractivity contribution < 1.29 is 58.8 Å².